The van der Waals surface area contributed by atoms with E-state index in [-0.39, 0.29) is 17.5 Å². The number of hydrogen-bond donors (Lipinski definition) is 3. The summed E-state index contributed by atoms with van der Waals surface area (Å²) in [6.45, 7) is 6.76. The Hall–Kier alpha value is -1.46. The van der Waals surface area contributed by atoms with Crippen molar-refractivity contribution in [3.63, 3.8) is 0 Å². The lowest BCUT2D eigenvalue weighted by molar-refractivity contribution is 0.0999. The fraction of sp³-hybridized carbons (Fsp3) is 0.533. The summed E-state index contributed by atoms with van der Waals surface area (Å²) in [5, 5.41) is 12.8. The van der Waals surface area contributed by atoms with Crippen LogP contribution in [0.1, 0.15) is 43.1 Å². The third kappa shape index (κ3) is 5.67. The molecule has 0 saturated carbocycles. The number of hydrogen-bond acceptors (Lipinski definition) is 3. The minimum atomic E-state index is -0.584. The Kier molecular flexibility index (Phi) is 5.65. The molecule has 112 valence electrons. The monoisotopic (exact) mass is 282 g/mol. The van der Waals surface area contributed by atoms with Gasteiger partial charge in [-0.15, -0.1) is 0 Å². The normalized spacial score (nSPS) is 13.2. The van der Waals surface area contributed by atoms with E-state index in [4.69, 9.17) is 5.73 Å². The summed E-state index contributed by atoms with van der Waals surface area (Å²) in [5.74, 6) is -0.980. The molecule has 0 aliphatic carbocycles. The summed E-state index contributed by atoms with van der Waals surface area (Å²) in [6, 6.07) is 4.01. The van der Waals surface area contributed by atoms with Crippen molar-refractivity contribution < 1.29 is 14.3 Å². The first-order valence-corrected chi connectivity index (χ1v) is 6.66. The van der Waals surface area contributed by atoms with Crippen molar-refractivity contribution >= 4 is 5.91 Å². The van der Waals surface area contributed by atoms with Crippen LogP contribution in [0, 0.1) is 11.2 Å². The van der Waals surface area contributed by atoms with Gasteiger partial charge in [0.1, 0.15) is 5.82 Å². The molecule has 0 saturated heterocycles. The van der Waals surface area contributed by atoms with Gasteiger partial charge in [-0.25, -0.2) is 4.39 Å². The zero-order valence-corrected chi connectivity index (χ0v) is 12.2. The maximum atomic E-state index is 13.6. The first kappa shape index (κ1) is 16.6. The van der Waals surface area contributed by atoms with E-state index in [1.807, 2.05) is 20.8 Å². The van der Waals surface area contributed by atoms with Crippen LogP contribution in [-0.4, -0.2) is 23.7 Å². The van der Waals surface area contributed by atoms with E-state index in [1.165, 1.54) is 18.2 Å². The largest absolute Gasteiger partial charge is 0.392 e. The average molecular weight is 282 g/mol. The van der Waals surface area contributed by atoms with Gasteiger partial charge in [-0.2, -0.15) is 0 Å². The summed E-state index contributed by atoms with van der Waals surface area (Å²) >= 11 is 0. The zero-order chi connectivity index (χ0) is 15.3. The second-order valence-corrected chi connectivity index (χ2v) is 6.22. The molecular weight excluding hydrogens is 259 g/mol. The zero-order valence-electron chi connectivity index (χ0n) is 12.2. The van der Waals surface area contributed by atoms with Crippen LogP contribution in [0.4, 0.5) is 4.39 Å². The molecule has 0 bridgehead atoms. The second-order valence-electron chi connectivity index (χ2n) is 6.22. The van der Waals surface area contributed by atoms with Crippen LogP contribution in [0.3, 0.4) is 0 Å². The van der Waals surface area contributed by atoms with E-state index in [1.54, 1.807) is 0 Å². The molecule has 4 N–H and O–H groups in total. The predicted molar refractivity (Wildman–Crippen MR) is 76.7 cm³/mol. The van der Waals surface area contributed by atoms with Gasteiger partial charge in [0.15, 0.2) is 0 Å². The number of carbonyl (C=O) groups is 1. The number of rotatable bonds is 6. The van der Waals surface area contributed by atoms with Crippen molar-refractivity contribution in [2.45, 2.75) is 39.8 Å². The third-order valence-corrected chi connectivity index (χ3v) is 2.87. The molecule has 1 aromatic rings. The molecule has 0 aliphatic rings. The lowest BCUT2D eigenvalue weighted by Crippen LogP contribution is -2.30. The standard InChI is InChI=1S/C15H23FN2O2/c1-15(2,3)7-12(19)9-18-8-11-6-10(14(17)20)4-5-13(11)16/h4-6,12,18-19H,7-9H2,1-3H3,(H2,17,20). The van der Waals surface area contributed by atoms with Crippen molar-refractivity contribution in [1.82, 2.24) is 5.32 Å². The Balaban J connectivity index is 2.53. The summed E-state index contributed by atoms with van der Waals surface area (Å²) in [6.07, 6.45) is 0.168. The van der Waals surface area contributed by atoms with E-state index >= 15 is 0 Å². The van der Waals surface area contributed by atoms with Gasteiger partial charge in [0.2, 0.25) is 5.91 Å². The SMILES string of the molecule is CC(C)(C)CC(O)CNCc1cc(C(N)=O)ccc1F. The molecule has 0 aromatic heterocycles. The van der Waals surface area contributed by atoms with Gasteiger partial charge >= 0.3 is 0 Å². The quantitative estimate of drug-likeness (QED) is 0.745. The van der Waals surface area contributed by atoms with Crippen LogP contribution >= 0.6 is 0 Å². The second kappa shape index (κ2) is 6.81. The molecule has 4 nitrogen and oxygen atoms in total. The van der Waals surface area contributed by atoms with E-state index in [2.05, 4.69) is 5.32 Å². The van der Waals surface area contributed by atoms with Crippen molar-refractivity contribution in [1.29, 1.82) is 0 Å². The fourth-order valence-electron chi connectivity index (χ4n) is 2.02. The van der Waals surface area contributed by atoms with Crippen molar-refractivity contribution in [3.05, 3.63) is 35.1 Å². The number of halogens is 1. The lowest BCUT2D eigenvalue weighted by atomic mass is 9.89. The van der Waals surface area contributed by atoms with Gasteiger partial charge in [-0.05, 0) is 30.0 Å². The van der Waals surface area contributed by atoms with E-state index in [9.17, 15) is 14.3 Å². The number of aliphatic hydroxyl groups is 1. The molecule has 1 aromatic carbocycles. The molecule has 0 heterocycles. The molecule has 1 amide bonds. The fourth-order valence-corrected chi connectivity index (χ4v) is 2.02. The smallest absolute Gasteiger partial charge is 0.248 e. The first-order valence-electron chi connectivity index (χ1n) is 6.66. The third-order valence-electron chi connectivity index (χ3n) is 2.87. The minimum absolute atomic E-state index is 0.0399. The summed E-state index contributed by atoms with van der Waals surface area (Å²) in [7, 11) is 0. The summed E-state index contributed by atoms with van der Waals surface area (Å²) in [5.41, 5.74) is 5.84. The molecule has 20 heavy (non-hydrogen) atoms. The van der Waals surface area contributed by atoms with Gasteiger partial charge in [0, 0.05) is 24.2 Å². The predicted octanol–water partition coefficient (Wildman–Crippen LogP) is 1.81. The number of amides is 1. The van der Waals surface area contributed by atoms with Crippen LogP contribution < -0.4 is 11.1 Å². The number of nitrogens with one attached hydrogen (secondary N) is 1. The number of benzene rings is 1. The maximum Gasteiger partial charge on any atom is 0.248 e. The van der Waals surface area contributed by atoms with Crippen LogP contribution in [0.5, 0.6) is 0 Å². The van der Waals surface area contributed by atoms with Gasteiger partial charge in [-0.3, -0.25) is 4.79 Å². The number of carbonyl (C=O) groups excluding carboxylic acids is 1. The van der Waals surface area contributed by atoms with Gasteiger partial charge in [0.05, 0.1) is 6.10 Å². The Bertz CT molecular complexity index is 469. The van der Waals surface area contributed by atoms with Crippen LogP contribution in [0.15, 0.2) is 18.2 Å². The number of aliphatic hydroxyl groups excluding tert-OH is 1. The molecule has 1 rings (SSSR count). The molecule has 0 spiro atoms. The molecule has 0 fully saturated rings. The highest BCUT2D eigenvalue weighted by atomic mass is 19.1. The Labute approximate surface area is 119 Å². The van der Waals surface area contributed by atoms with Crippen molar-refractivity contribution in [2.75, 3.05) is 6.54 Å². The molecule has 5 heteroatoms. The topological polar surface area (TPSA) is 75.3 Å². The van der Waals surface area contributed by atoms with Crippen molar-refractivity contribution in [3.8, 4) is 0 Å². The highest BCUT2D eigenvalue weighted by molar-refractivity contribution is 5.92. The molecule has 0 aliphatic heterocycles. The van der Waals surface area contributed by atoms with Crippen LogP contribution in [0.2, 0.25) is 0 Å². The number of nitrogens with two attached hydrogens (primary N) is 1. The van der Waals surface area contributed by atoms with E-state index < -0.39 is 17.8 Å². The summed E-state index contributed by atoms with van der Waals surface area (Å²) in [4.78, 5) is 11.0. The number of primary amides is 1. The summed E-state index contributed by atoms with van der Waals surface area (Å²) < 4.78 is 13.6. The Morgan fingerprint density at radius 2 is 2.10 bits per heavy atom. The molecular formula is C15H23FN2O2. The average Bonchev–Trinajstić information content (AvgIpc) is 2.28. The van der Waals surface area contributed by atoms with Gasteiger partial charge in [0.25, 0.3) is 0 Å². The highest BCUT2D eigenvalue weighted by Gasteiger charge is 2.16. The van der Waals surface area contributed by atoms with Crippen molar-refractivity contribution in [2.24, 2.45) is 11.1 Å². The van der Waals surface area contributed by atoms with Crippen LogP contribution in [0.25, 0.3) is 0 Å². The Morgan fingerprint density at radius 3 is 2.65 bits per heavy atom. The van der Waals surface area contributed by atoms with E-state index in [0.29, 0.717) is 18.5 Å². The van der Waals surface area contributed by atoms with Gasteiger partial charge < -0.3 is 16.2 Å². The van der Waals surface area contributed by atoms with E-state index in [0.717, 1.165) is 0 Å². The highest BCUT2D eigenvalue weighted by Crippen LogP contribution is 2.20. The maximum absolute atomic E-state index is 13.6. The molecule has 0 radical (unpaired) electrons. The van der Waals surface area contributed by atoms with Gasteiger partial charge in [-0.1, -0.05) is 20.8 Å². The lowest BCUT2D eigenvalue weighted by Gasteiger charge is -2.22. The van der Waals surface area contributed by atoms with Crippen LogP contribution in [-0.2, 0) is 6.54 Å². The first-order chi connectivity index (χ1) is 9.19. The molecule has 1 unspecified atom stereocenters. The Morgan fingerprint density at radius 1 is 1.45 bits per heavy atom. The minimum Gasteiger partial charge on any atom is -0.392 e. The molecule has 1 atom stereocenters.